The maximum atomic E-state index is 11.6. The van der Waals surface area contributed by atoms with Gasteiger partial charge in [-0.1, -0.05) is 30.8 Å². The SMILES string of the molecule is C=C(C)C(=O)Cc1ccccc1CN(C)C. The van der Waals surface area contributed by atoms with Gasteiger partial charge >= 0.3 is 0 Å². The zero-order valence-electron chi connectivity index (χ0n) is 10.3. The molecule has 0 fully saturated rings. The van der Waals surface area contributed by atoms with Crippen molar-refractivity contribution >= 4 is 5.78 Å². The maximum absolute atomic E-state index is 11.6. The first-order chi connectivity index (χ1) is 7.50. The number of rotatable bonds is 5. The Balaban J connectivity index is 2.86. The largest absolute Gasteiger partial charge is 0.305 e. The second-order valence-electron chi connectivity index (χ2n) is 4.39. The Morgan fingerprint density at radius 3 is 2.31 bits per heavy atom. The van der Waals surface area contributed by atoms with Gasteiger partial charge in [0.05, 0.1) is 0 Å². The average Bonchev–Trinajstić information content (AvgIpc) is 2.20. The van der Waals surface area contributed by atoms with Gasteiger partial charge in [0, 0.05) is 13.0 Å². The number of nitrogens with zero attached hydrogens (tertiary/aromatic N) is 1. The third-order valence-corrected chi connectivity index (χ3v) is 2.43. The van der Waals surface area contributed by atoms with Crippen LogP contribution in [0.25, 0.3) is 0 Å². The fourth-order valence-electron chi connectivity index (χ4n) is 1.55. The summed E-state index contributed by atoms with van der Waals surface area (Å²) < 4.78 is 0. The van der Waals surface area contributed by atoms with Crippen LogP contribution in [0.4, 0.5) is 0 Å². The van der Waals surface area contributed by atoms with Crippen LogP contribution in [0.2, 0.25) is 0 Å². The number of ketones is 1. The summed E-state index contributed by atoms with van der Waals surface area (Å²) in [6.07, 6.45) is 0.458. The lowest BCUT2D eigenvalue weighted by Crippen LogP contribution is -2.14. The van der Waals surface area contributed by atoms with E-state index in [2.05, 4.69) is 17.5 Å². The van der Waals surface area contributed by atoms with Gasteiger partial charge in [0.25, 0.3) is 0 Å². The molecule has 1 aromatic rings. The van der Waals surface area contributed by atoms with Crippen molar-refractivity contribution in [2.45, 2.75) is 19.9 Å². The van der Waals surface area contributed by atoms with Crippen LogP contribution in [0.15, 0.2) is 36.4 Å². The van der Waals surface area contributed by atoms with Crippen molar-refractivity contribution in [3.8, 4) is 0 Å². The van der Waals surface area contributed by atoms with Gasteiger partial charge in [0.1, 0.15) is 0 Å². The molecule has 0 spiro atoms. The minimum atomic E-state index is 0.117. The second-order valence-corrected chi connectivity index (χ2v) is 4.39. The Bertz CT molecular complexity index is 393. The summed E-state index contributed by atoms with van der Waals surface area (Å²) in [7, 11) is 4.05. The van der Waals surface area contributed by atoms with Crippen LogP contribution < -0.4 is 0 Å². The van der Waals surface area contributed by atoms with E-state index in [0.29, 0.717) is 12.0 Å². The van der Waals surface area contributed by atoms with Gasteiger partial charge in [-0.25, -0.2) is 0 Å². The van der Waals surface area contributed by atoms with Crippen molar-refractivity contribution in [3.63, 3.8) is 0 Å². The molecular formula is C14H19NO. The lowest BCUT2D eigenvalue weighted by atomic mass is 10.00. The van der Waals surface area contributed by atoms with E-state index < -0.39 is 0 Å². The molecule has 0 saturated carbocycles. The van der Waals surface area contributed by atoms with Crippen molar-refractivity contribution in [1.29, 1.82) is 0 Å². The minimum absolute atomic E-state index is 0.117. The molecular weight excluding hydrogens is 198 g/mol. The molecule has 86 valence electrons. The van der Waals surface area contributed by atoms with E-state index in [1.165, 1.54) is 5.56 Å². The summed E-state index contributed by atoms with van der Waals surface area (Å²) >= 11 is 0. The van der Waals surface area contributed by atoms with E-state index in [4.69, 9.17) is 0 Å². The zero-order valence-corrected chi connectivity index (χ0v) is 10.3. The van der Waals surface area contributed by atoms with Gasteiger partial charge < -0.3 is 4.90 Å². The summed E-state index contributed by atoms with van der Waals surface area (Å²) in [6.45, 7) is 6.30. The summed E-state index contributed by atoms with van der Waals surface area (Å²) in [5, 5.41) is 0. The maximum Gasteiger partial charge on any atom is 0.162 e. The molecule has 0 unspecified atom stereocenters. The molecule has 0 aliphatic heterocycles. The van der Waals surface area contributed by atoms with E-state index in [9.17, 15) is 4.79 Å². The highest BCUT2D eigenvalue weighted by Crippen LogP contribution is 2.13. The van der Waals surface area contributed by atoms with Crippen molar-refractivity contribution in [3.05, 3.63) is 47.5 Å². The number of benzene rings is 1. The first-order valence-corrected chi connectivity index (χ1v) is 5.41. The van der Waals surface area contributed by atoms with Crippen molar-refractivity contribution < 1.29 is 4.79 Å². The molecule has 0 bridgehead atoms. The van der Waals surface area contributed by atoms with Crippen molar-refractivity contribution in [1.82, 2.24) is 4.90 Å². The van der Waals surface area contributed by atoms with Crippen LogP contribution in [0.1, 0.15) is 18.1 Å². The van der Waals surface area contributed by atoms with E-state index in [1.54, 1.807) is 6.92 Å². The van der Waals surface area contributed by atoms with E-state index >= 15 is 0 Å². The quantitative estimate of drug-likeness (QED) is 0.706. The predicted molar refractivity (Wildman–Crippen MR) is 67.4 cm³/mol. The minimum Gasteiger partial charge on any atom is -0.305 e. The van der Waals surface area contributed by atoms with Crippen LogP contribution in [0.5, 0.6) is 0 Å². The normalized spacial score (nSPS) is 10.5. The Hall–Kier alpha value is -1.41. The highest BCUT2D eigenvalue weighted by molar-refractivity contribution is 5.95. The predicted octanol–water partition coefficient (Wildman–Crippen LogP) is 2.44. The van der Waals surface area contributed by atoms with Gasteiger partial charge in [0.2, 0.25) is 0 Å². The molecule has 0 aliphatic rings. The molecule has 1 aromatic carbocycles. The van der Waals surface area contributed by atoms with Crippen LogP contribution >= 0.6 is 0 Å². The van der Waals surface area contributed by atoms with Gasteiger partial charge in [-0.05, 0) is 37.7 Å². The van der Waals surface area contributed by atoms with Crippen LogP contribution in [-0.4, -0.2) is 24.8 Å². The third-order valence-electron chi connectivity index (χ3n) is 2.43. The first kappa shape index (κ1) is 12.7. The third kappa shape index (κ3) is 3.63. The molecule has 16 heavy (non-hydrogen) atoms. The Labute approximate surface area is 97.6 Å². The molecule has 0 atom stereocenters. The average molecular weight is 217 g/mol. The molecule has 0 heterocycles. The Morgan fingerprint density at radius 1 is 1.25 bits per heavy atom. The van der Waals surface area contributed by atoms with Crippen molar-refractivity contribution in [2.24, 2.45) is 0 Å². The lowest BCUT2D eigenvalue weighted by molar-refractivity contribution is -0.114. The van der Waals surface area contributed by atoms with Crippen molar-refractivity contribution in [2.75, 3.05) is 14.1 Å². The smallest absolute Gasteiger partial charge is 0.162 e. The fraction of sp³-hybridized carbons (Fsp3) is 0.357. The number of carbonyl (C=O) groups is 1. The Morgan fingerprint density at radius 2 is 1.81 bits per heavy atom. The number of allylic oxidation sites excluding steroid dienone is 1. The summed E-state index contributed by atoms with van der Waals surface area (Å²) in [5.41, 5.74) is 2.94. The van der Waals surface area contributed by atoms with Crippen LogP contribution in [0.3, 0.4) is 0 Å². The van der Waals surface area contributed by atoms with E-state index in [-0.39, 0.29) is 5.78 Å². The molecule has 2 heteroatoms. The topological polar surface area (TPSA) is 20.3 Å². The van der Waals surface area contributed by atoms with E-state index in [0.717, 1.165) is 12.1 Å². The molecule has 0 amide bonds. The number of hydrogen-bond donors (Lipinski definition) is 0. The molecule has 0 aromatic heterocycles. The number of Topliss-reactive ketones (excluding diaryl/α,β-unsaturated/α-hetero) is 1. The monoisotopic (exact) mass is 217 g/mol. The van der Waals surface area contributed by atoms with Crippen LogP contribution in [-0.2, 0) is 17.8 Å². The van der Waals surface area contributed by atoms with Gasteiger partial charge in [-0.3, -0.25) is 4.79 Å². The summed E-state index contributed by atoms with van der Waals surface area (Å²) in [4.78, 5) is 13.7. The molecule has 0 saturated heterocycles. The Kier molecular flexibility index (Phi) is 4.44. The zero-order chi connectivity index (χ0) is 12.1. The highest BCUT2D eigenvalue weighted by Gasteiger charge is 2.08. The molecule has 1 rings (SSSR count). The molecule has 0 N–H and O–H groups in total. The van der Waals surface area contributed by atoms with Crippen LogP contribution in [0, 0.1) is 0 Å². The van der Waals surface area contributed by atoms with Gasteiger partial charge in [-0.2, -0.15) is 0 Å². The lowest BCUT2D eigenvalue weighted by Gasteiger charge is -2.13. The number of carbonyl (C=O) groups excluding carboxylic acids is 1. The number of hydrogen-bond acceptors (Lipinski definition) is 2. The second kappa shape index (κ2) is 5.61. The van der Waals surface area contributed by atoms with Gasteiger partial charge in [-0.15, -0.1) is 0 Å². The fourth-order valence-corrected chi connectivity index (χ4v) is 1.55. The standard InChI is InChI=1S/C14H19NO/c1-11(2)14(16)9-12-7-5-6-8-13(12)10-15(3)4/h5-8H,1,9-10H2,2-4H3. The first-order valence-electron chi connectivity index (χ1n) is 5.41. The molecule has 2 nitrogen and oxygen atoms in total. The highest BCUT2D eigenvalue weighted by atomic mass is 16.1. The summed E-state index contributed by atoms with van der Waals surface area (Å²) in [5.74, 6) is 0.117. The molecule has 0 aliphatic carbocycles. The summed E-state index contributed by atoms with van der Waals surface area (Å²) in [6, 6.07) is 8.06. The van der Waals surface area contributed by atoms with E-state index in [1.807, 2.05) is 32.3 Å². The van der Waals surface area contributed by atoms with Gasteiger partial charge in [0.15, 0.2) is 5.78 Å². The molecule has 0 radical (unpaired) electrons.